The van der Waals surface area contributed by atoms with Crippen LogP contribution in [0.25, 0.3) is 27.6 Å². The van der Waals surface area contributed by atoms with E-state index in [1.807, 2.05) is 59.9 Å². The van der Waals surface area contributed by atoms with E-state index in [9.17, 15) is 2.74 Å². The fourth-order valence-corrected chi connectivity index (χ4v) is 9.50. The van der Waals surface area contributed by atoms with Crippen LogP contribution in [0.3, 0.4) is 0 Å². The SMILES string of the molecule is [2H]C1([2H])c2cc(C)c(C)nc2[C@@]2(C)N=C(c3[c-]c(Oc4[c-]c5c(cc4C)C(C)(C)c4cc(C(C)(C)C)cc6c7cc(C)cnc7n-5c46)cc(C(C)(C)C)c3)O[C@@]12C(C)(C)C.[Pt+2]. The number of benzene rings is 3. The number of aromatic nitrogens is 3. The number of ether oxygens (including phenoxy) is 2. The van der Waals surface area contributed by atoms with Gasteiger partial charge in [-0.05, 0) is 83.9 Å². The van der Waals surface area contributed by atoms with Gasteiger partial charge in [0.15, 0.2) is 0 Å². The monoisotopic (exact) mass is 967 g/mol. The van der Waals surface area contributed by atoms with Crippen molar-refractivity contribution in [2.75, 3.05) is 0 Å². The average Bonchev–Trinajstić information content (AvgIpc) is 3.69. The van der Waals surface area contributed by atoms with Crippen molar-refractivity contribution >= 4 is 27.8 Å². The van der Waals surface area contributed by atoms with E-state index in [0.29, 0.717) is 34.2 Å². The van der Waals surface area contributed by atoms with Crippen molar-refractivity contribution in [1.29, 1.82) is 0 Å². The Morgan fingerprint density at radius 1 is 0.797 bits per heavy atom. The van der Waals surface area contributed by atoms with Crippen LogP contribution in [0.4, 0.5) is 0 Å². The molecule has 7 heteroatoms. The molecule has 0 unspecified atom stereocenters. The minimum atomic E-state index is -1.90. The van der Waals surface area contributed by atoms with E-state index in [0.717, 1.165) is 55.7 Å². The summed E-state index contributed by atoms with van der Waals surface area (Å²) in [5, 5.41) is 2.33. The minimum Gasteiger partial charge on any atom is -0.510 e. The molecule has 0 bridgehead atoms. The summed E-state index contributed by atoms with van der Waals surface area (Å²) in [6, 6.07) is 22.6. The second kappa shape index (κ2) is 12.9. The Labute approximate surface area is 368 Å². The summed E-state index contributed by atoms with van der Waals surface area (Å²) in [5.74, 6) is 1.43. The van der Waals surface area contributed by atoms with Crippen LogP contribution in [-0.4, -0.2) is 26.0 Å². The van der Waals surface area contributed by atoms with E-state index in [2.05, 4.69) is 116 Å². The van der Waals surface area contributed by atoms with Crippen molar-refractivity contribution < 1.29 is 33.3 Å². The zero-order valence-electron chi connectivity index (χ0n) is 39.5. The van der Waals surface area contributed by atoms with Crippen LogP contribution in [0.5, 0.6) is 11.5 Å². The molecule has 0 fully saturated rings. The Hall–Kier alpha value is -4.28. The number of pyridine rings is 2. The number of fused-ring (bicyclic) bond motifs is 8. The van der Waals surface area contributed by atoms with Gasteiger partial charge in [0.1, 0.15) is 22.7 Å². The first kappa shape index (κ1) is 38.9. The Balaban J connectivity index is 0.00000514. The first-order valence-corrected chi connectivity index (χ1v) is 20.7. The quantitative estimate of drug-likeness (QED) is 0.166. The third kappa shape index (κ3) is 5.93. The van der Waals surface area contributed by atoms with Gasteiger partial charge in [-0.25, -0.2) is 4.98 Å². The van der Waals surface area contributed by atoms with E-state index < -0.39 is 22.9 Å². The maximum atomic E-state index is 9.76. The van der Waals surface area contributed by atoms with E-state index in [-0.39, 0.29) is 37.3 Å². The van der Waals surface area contributed by atoms with E-state index in [1.54, 1.807) is 0 Å². The van der Waals surface area contributed by atoms with Crippen molar-refractivity contribution in [2.24, 2.45) is 10.4 Å². The smallest absolute Gasteiger partial charge is 0.510 e. The molecule has 9 rings (SSSR count). The van der Waals surface area contributed by atoms with Crippen molar-refractivity contribution in [3.63, 3.8) is 0 Å². The second-order valence-corrected chi connectivity index (χ2v) is 21.0. The summed E-state index contributed by atoms with van der Waals surface area (Å²) >= 11 is 0. The number of rotatable bonds is 3. The Morgan fingerprint density at radius 3 is 2.14 bits per heavy atom. The van der Waals surface area contributed by atoms with Gasteiger partial charge < -0.3 is 14.0 Å². The van der Waals surface area contributed by atoms with Gasteiger partial charge in [-0.1, -0.05) is 119 Å². The number of aryl methyl sites for hydroxylation is 4. The molecule has 1 aliphatic carbocycles. The molecule has 0 amide bonds. The summed E-state index contributed by atoms with van der Waals surface area (Å²) in [6.07, 6.45) is 0.0492. The maximum absolute atomic E-state index is 9.76. The molecule has 2 atom stereocenters. The average molecular weight is 968 g/mol. The van der Waals surface area contributed by atoms with Crippen LogP contribution in [0, 0.1) is 45.2 Å². The van der Waals surface area contributed by atoms with Gasteiger partial charge >= 0.3 is 21.1 Å². The van der Waals surface area contributed by atoms with Gasteiger partial charge in [-0.15, -0.1) is 28.8 Å². The van der Waals surface area contributed by atoms with E-state index in [1.165, 1.54) is 16.5 Å². The van der Waals surface area contributed by atoms with E-state index >= 15 is 0 Å². The first-order valence-electron chi connectivity index (χ1n) is 21.7. The molecule has 3 aromatic heterocycles. The first-order chi connectivity index (χ1) is 27.6. The Morgan fingerprint density at radius 2 is 1.47 bits per heavy atom. The minimum absolute atomic E-state index is 0. The van der Waals surface area contributed by atoms with Gasteiger partial charge in [0.25, 0.3) is 0 Å². The topological polar surface area (TPSA) is 61.5 Å². The molecule has 6 aromatic rings. The van der Waals surface area contributed by atoms with E-state index in [4.69, 9.17) is 24.4 Å². The molecule has 3 aromatic carbocycles. The number of nitrogens with zero attached hydrogens (tertiary/aromatic N) is 4. The van der Waals surface area contributed by atoms with Crippen LogP contribution >= 0.6 is 0 Å². The zero-order valence-corrected chi connectivity index (χ0v) is 39.8. The molecule has 0 N–H and O–H groups in total. The molecule has 2 aliphatic heterocycles. The molecule has 5 heterocycles. The number of aliphatic imine (C=N–C) groups is 1. The van der Waals surface area contributed by atoms with Crippen molar-refractivity contribution in [3.05, 3.63) is 122 Å². The molecule has 0 saturated heterocycles. The normalized spacial score (nSPS) is 21.9. The number of hydrogen-bond donors (Lipinski definition) is 0. The largest absolute Gasteiger partial charge is 2.00 e. The third-order valence-corrected chi connectivity index (χ3v) is 13.2. The molecule has 6 nitrogen and oxygen atoms in total. The van der Waals surface area contributed by atoms with Gasteiger partial charge in [0.05, 0.1) is 11.2 Å². The maximum Gasteiger partial charge on any atom is 2.00 e. The fraction of sp³-hybridized carbons (Fsp3) is 0.442. The molecule has 0 radical (unpaired) electrons. The van der Waals surface area contributed by atoms with Crippen LogP contribution < -0.4 is 4.74 Å². The number of hydrogen-bond acceptors (Lipinski definition) is 5. The molecular weight excluding hydrogens is 908 g/mol. The Bertz CT molecular complexity index is 2900. The van der Waals surface area contributed by atoms with Gasteiger partial charge in [-0.3, -0.25) is 9.98 Å². The predicted molar refractivity (Wildman–Crippen MR) is 236 cm³/mol. The third-order valence-electron chi connectivity index (χ3n) is 13.2. The van der Waals surface area contributed by atoms with Crippen LogP contribution in [0.15, 0.2) is 53.7 Å². The molecule has 308 valence electrons. The summed E-state index contributed by atoms with van der Waals surface area (Å²) in [4.78, 5) is 15.4. The summed E-state index contributed by atoms with van der Waals surface area (Å²) in [7, 11) is 0. The second-order valence-electron chi connectivity index (χ2n) is 21.0. The van der Waals surface area contributed by atoms with Gasteiger partial charge in [-0.2, -0.15) is 6.07 Å². The molecule has 0 saturated carbocycles. The van der Waals surface area contributed by atoms with Gasteiger partial charge in [0.2, 0.25) is 0 Å². The summed E-state index contributed by atoms with van der Waals surface area (Å²) in [6.45, 7) is 34.2. The predicted octanol–water partition coefficient (Wildman–Crippen LogP) is 12.5. The fourth-order valence-electron chi connectivity index (χ4n) is 9.50. The van der Waals surface area contributed by atoms with Crippen LogP contribution in [0.1, 0.15) is 147 Å². The van der Waals surface area contributed by atoms with Crippen molar-refractivity contribution in [1.82, 2.24) is 14.5 Å². The zero-order chi connectivity index (χ0) is 43.7. The summed E-state index contributed by atoms with van der Waals surface area (Å²) < 4.78 is 35.8. The van der Waals surface area contributed by atoms with Crippen LogP contribution in [-0.2, 0) is 54.0 Å². The van der Waals surface area contributed by atoms with Crippen molar-refractivity contribution in [2.45, 2.75) is 145 Å². The molecular formula is C52H58N4O2Pt. The van der Waals surface area contributed by atoms with Gasteiger partial charge in [0, 0.05) is 48.7 Å². The standard InChI is InChI=1S/C52H58N4O2.Pt/c1-28-17-38-37-23-35(48(8,9)10)24-40-43(37)56(45(38)53-27-28)41-25-42(30(3)19-39(41)50(40,14)15)57-36-21-32(20-34(22-36)47(5,6)7)46-55-51(16)44-33(18-29(2)31(4)54-44)26-52(51,58-46)49(11,12)13;/h17-20,22-24,27H,26H2,1-16H3;/q-2;+2/t51-,52-;/m1./s1/i26D2;. The molecule has 0 spiro atoms. The summed E-state index contributed by atoms with van der Waals surface area (Å²) in [5.41, 5.74) is 9.57. The Kier molecular flexibility index (Phi) is 8.48. The molecule has 59 heavy (non-hydrogen) atoms. The van der Waals surface area contributed by atoms with Crippen LogP contribution in [0.2, 0.25) is 0 Å². The molecule has 3 aliphatic rings. The van der Waals surface area contributed by atoms with Crippen molar-refractivity contribution in [3.8, 4) is 17.2 Å².